The molecule has 1 aliphatic heterocycles. The van der Waals surface area contributed by atoms with Crippen LogP contribution in [0.5, 0.6) is 5.75 Å². The highest BCUT2D eigenvalue weighted by Gasteiger charge is 2.27. The van der Waals surface area contributed by atoms with Gasteiger partial charge in [0.1, 0.15) is 28.7 Å². The summed E-state index contributed by atoms with van der Waals surface area (Å²) in [6.07, 6.45) is 3.37. The van der Waals surface area contributed by atoms with Crippen LogP contribution < -0.4 is 21.1 Å². The van der Waals surface area contributed by atoms with Gasteiger partial charge in [0.05, 0.1) is 23.9 Å². The van der Waals surface area contributed by atoms with Crippen LogP contribution >= 0.6 is 0 Å². The van der Waals surface area contributed by atoms with E-state index in [4.69, 9.17) is 16.2 Å². The molecule has 0 amide bonds. The Morgan fingerprint density at radius 1 is 1.12 bits per heavy atom. The maximum Gasteiger partial charge on any atom is 0.151 e. The zero-order valence-electron chi connectivity index (χ0n) is 19.0. The molecule has 0 bridgehead atoms. The van der Waals surface area contributed by atoms with E-state index in [9.17, 15) is 8.78 Å². The number of pyridine rings is 1. The van der Waals surface area contributed by atoms with E-state index in [1.54, 1.807) is 13.3 Å². The fraction of sp³-hybridized carbons (Fsp3) is 0.280. The maximum absolute atomic E-state index is 14.5. The average molecular weight is 465 g/mol. The molecule has 2 aromatic carbocycles. The third-order valence-electron chi connectivity index (χ3n) is 6.28. The normalized spacial score (nSPS) is 14.7. The molecule has 3 heterocycles. The number of hydrogen-bond donors (Lipinski definition) is 3. The number of aromatic nitrogens is 3. The minimum absolute atomic E-state index is 0.116. The van der Waals surface area contributed by atoms with Crippen molar-refractivity contribution in [2.45, 2.75) is 25.8 Å². The van der Waals surface area contributed by atoms with Gasteiger partial charge in [-0.3, -0.25) is 0 Å². The van der Waals surface area contributed by atoms with Gasteiger partial charge in [-0.25, -0.2) is 18.7 Å². The van der Waals surface area contributed by atoms with Crippen molar-refractivity contribution in [2.24, 2.45) is 5.73 Å². The van der Waals surface area contributed by atoms with Crippen LogP contribution in [0.2, 0.25) is 0 Å². The molecule has 34 heavy (non-hydrogen) atoms. The molecule has 1 saturated heterocycles. The van der Waals surface area contributed by atoms with Gasteiger partial charge in [-0.15, -0.1) is 0 Å². The standard InChI is InChI=1S/C25H26F2N6O/c1-13-7-14(9-17(8-13)34-2)18-12-30-24(29)21(23(18)33-5-3-16(28)4-6-33)25-31-20-11-15(26)10-19(27)22(20)32-25/h7-12,16H,3-6,28H2,1-2H3,(H2,29,30)(H,31,32). The summed E-state index contributed by atoms with van der Waals surface area (Å²) >= 11 is 0. The number of anilines is 2. The number of fused-ring (bicyclic) bond motifs is 1. The molecule has 9 heteroatoms. The molecule has 176 valence electrons. The molecule has 0 aliphatic carbocycles. The van der Waals surface area contributed by atoms with Gasteiger partial charge in [0, 0.05) is 43.0 Å². The topological polar surface area (TPSA) is 106 Å². The van der Waals surface area contributed by atoms with E-state index in [0.29, 0.717) is 11.4 Å². The van der Waals surface area contributed by atoms with Crippen molar-refractivity contribution in [3.63, 3.8) is 0 Å². The van der Waals surface area contributed by atoms with E-state index < -0.39 is 11.6 Å². The second kappa shape index (κ2) is 8.57. The van der Waals surface area contributed by atoms with E-state index >= 15 is 0 Å². The Labute approximate surface area is 195 Å². The highest BCUT2D eigenvalue weighted by molar-refractivity contribution is 5.95. The van der Waals surface area contributed by atoms with Crippen LogP contribution in [0.15, 0.2) is 36.5 Å². The Kier molecular flexibility index (Phi) is 5.57. The number of methoxy groups -OCH3 is 1. The summed E-state index contributed by atoms with van der Waals surface area (Å²) in [7, 11) is 1.63. The van der Waals surface area contributed by atoms with E-state index in [1.165, 1.54) is 6.07 Å². The van der Waals surface area contributed by atoms with Crippen LogP contribution in [0.3, 0.4) is 0 Å². The lowest BCUT2D eigenvalue weighted by Crippen LogP contribution is -2.40. The van der Waals surface area contributed by atoms with Crippen molar-refractivity contribution in [1.82, 2.24) is 15.0 Å². The number of aryl methyl sites for hydroxylation is 1. The van der Waals surface area contributed by atoms with Gasteiger partial charge in [0.15, 0.2) is 5.82 Å². The lowest BCUT2D eigenvalue weighted by Gasteiger charge is -2.35. The van der Waals surface area contributed by atoms with Crippen molar-refractivity contribution < 1.29 is 13.5 Å². The molecule has 7 nitrogen and oxygen atoms in total. The Bertz CT molecular complexity index is 1380. The first-order chi connectivity index (χ1) is 16.3. The number of nitrogens with zero attached hydrogens (tertiary/aromatic N) is 3. The van der Waals surface area contributed by atoms with Crippen molar-refractivity contribution in [3.05, 3.63) is 53.7 Å². The Morgan fingerprint density at radius 2 is 1.88 bits per heavy atom. The average Bonchev–Trinajstić information content (AvgIpc) is 3.23. The molecular weight excluding hydrogens is 438 g/mol. The van der Waals surface area contributed by atoms with Gasteiger partial charge in [-0.1, -0.05) is 6.07 Å². The minimum atomic E-state index is -0.717. The Balaban J connectivity index is 1.77. The quantitative estimate of drug-likeness (QED) is 0.413. The monoisotopic (exact) mass is 464 g/mol. The third-order valence-corrected chi connectivity index (χ3v) is 6.28. The van der Waals surface area contributed by atoms with Crippen LogP contribution in [-0.2, 0) is 0 Å². The van der Waals surface area contributed by atoms with Gasteiger partial charge >= 0.3 is 0 Å². The smallest absolute Gasteiger partial charge is 0.151 e. The summed E-state index contributed by atoms with van der Waals surface area (Å²) in [5.74, 6) is -0.115. The SMILES string of the molecule is COc1cc(C)cc(-c2cnc(N)c(-c3nc4cc(F)cc(F)c4[nH]3)c2N2CCC(N)CC2)c1. The van der Waals surface area contributed by atoms with Crippen LogP contribution in [0.4, 0.5) is 20.3 Å². The summed E-state index contributed by atoms with van der Waals surface area (Å²) in [5.41, 5.74) is 17.0. The zero-order valence-corrected chi connectivity index (χ0v) is 19.0. The predicted octanol–water partition coefficient (Wildman–Crippen LogP) is 4.40. The largest absolute Gasteiger partial charge is 0.497 e. The van der Waals surface area contributed by atoms with E-state index in [2.05, 4.69) is 19.9 Å². The van der Waals surface area contributed by atoms with Gasteiger partial charge < -0.3 is 26.1 Å². The second-order valence-electron chi connectivity index (χ2n) is 8.71. The van der Waals surface area contributed by atoms with Crippen LogP contribution in [0, 0.1) is 18.6 Å². The molecule has 1 aliphatic rings. The van der Waals surface area contributed by atoms with Gasteiger partial charge in [0.2, 0.25) is 0 Å². The van der Waals surface area contributed by atoms with Crippen LogP contribution in [0.25, 0.3) is 33.5 Å². The highest BCUT2D eigenvalue weighted by Crippen LogP contribution is 2.43. The number of H-pyrrole nitrogens is 1. The first-order valence-corrected chi connectivity index (χ1v) is 11.1. The Hall–Kier alpha value is -3.72. The first kappa shape index (κ1) is 22.1. The number of imidazole rings is 1. The lowest BCUT2D eigenvalue weighted by atomic mass is 9.96. The number of piperidine rings is 1. The molecule has 5 N–H and O–H groups in total. The van der Waals surface area contributed by atoms with Crippen molar-refractivity contribution in [2.75, 3.05) is 30.8 Å². The number of nitrogens with one attached hydrogen (secondary N) is 1. The van der Waals surface area contributed by atoms with Gasteiger partial charge in [-0.05, 0) is 43.0 Å². The summed E-state index contributed by atoms with van der Waals surface area (Å²) in [6.45, 7) is 3.43. The molecule has 4 aromatic rings. The second-order valence-corrected chi connectivity index (χ2v) is 8.71. The molecule has 5 rings (SSSR count). The van der Waals surface area contributed by atoms with Crippen molar-refractivity contribution in [1.29, 1.82) is 0 Å². The predicted molar refractivity (Wildman–Crippen MR) is 130 cm³/mol. The first-order valence-electron chi connectivity index (χ1n) is 11.1. The lowest BCUT2D eigenvalue weighted by molar-refractivity contribution is 0.414. The molecule has 0 radical (unpaired) electrons. The number of benzene rings is 2. The maximum atomic E-state index is 14.5. The van der Waals surface area contributed by atoms with Crippen molar-refractivity contribution in [3.8, 4) is 28.3 Å². The fourth-order valence-electron chi connectivity index (χ4n) is 4.59. The van der Waals surface area contributed by atoms with Crippen LogP contribution in [0.1, 0.15) is 18.4 Å². The molecule has 0 unspecified atom stereocenters. The number of ether oxygens (including phenoxy) is 1. The molecule has 0 saturated carbocycles. The molecular formula is C25H26F2N6O. The molecule has 0 atom stereocenters. The third kappa shape index (κ3) is 3.92. The van der Waals surface area contributed by atoms with Gasteiger partial charge in [-0.2, -0.15) is 0 Å². The Morgan fingerprint density at radius 3 is 2.62 bits per heavy atom. The summed E-state index contributed by atoms with van der Waals surface area (Å²) in [4.78, 5) is 14.2. The number of nitrogen functional groups attached to an aromatic ring is 1. The number of rotatable bonds is 4. The van der Waals surface area contributed by atoms with E-state index in [-0.39, 0.29) is 22.9 Å². The zero-order chi connectivity index (χ0) is 24.0. The number of aromatic amines is 1. The molecule has 1 fully saturated rings. The van der Waals surface area contributed by atoms with E-state index in [0.717, 1.165) is 60.1 Å². The summed E-state index contributed by atoms with van der Waals surface area (Å²) < 4.78 is 33.8. The molecule has 0 spiro atoms. The highest BCUT2D eigenvalue weighted by atomic mass is 19.1. The fourth-order valence-corrected chi connectivity index (χ4v) is 4.59. The number of nitrogens with two attached hydrogens (primary N) is 2. The van der Waals surface area contributed by atoms with Gasteiger partial charge in [0.25, 0.3) is 0 Å². The minimum Gasteiger partial charge on any atom is -0.497 e. The number of hydrogen-bond acceptors (Lipinski definition) is 6. The number of halogens is 2. The van der Waals surface area contributed by atoms with Crippen LogP contribution in [-0.4, -0.2) is 41.2 Å². The van der Waals surface area contributed by atoms with Crippen molar-refractivity contribution >= 4 is 22.5 Å². The summed E-state index contributed by atoms with van der Waals surface area (Å²) in [5, 5.41) is 0. The summed E-state index contributed by atoms with van der Waals surface area (Å²) in [6, 6.07) is 8.09. The van der Waals surface area contributed by atoms with E-state index in [1.807, 2.05) is 25.1 Å². The molecule has 2 aromatic heterocycles.